The molecule has 2 heterocycles. The van der Waals surface area contributed by atoms with Gasteiger partial charge in [-0.05, 0) is 39.3 Å². The van der Waals surface area contributed by atoms with Gasteiger partial charge in [-0.25, -0.2) is 9.97 Å². The number of nitro benzene ring substituents is 1. The van der Waals surface area contributed by atoms with Crippen LogP contribution in [0, 0.1) is 37.8 Å². The largest absolute Gasteiger partial charge is 0.321 e. The zero-order chi connectivity index (χ0) is 18.3. The van der Waals surface area contributed by atoms with E-state index in [1.807, 2.05) is 20.8 Å². The first-order valence-electron chi connectivity index (χ1n) is 7.58. The summed E-state index contributed by atoms with van der Waals surface area (Å²) in [4.78, 5) is 33.3. The van der Waals surface area contributed by atoms with E-state index in [9.17, 15) is 14.9 Å². The lowest BCUT2D eigenvalue weighted by Crippen LogP contribution is -2.11. The van der Waals surface area contributed by atoms with Crippen molar-refractivity contribution in [1.29, 1.82) is 0 Å². The first-order chi connectivity index (χ1) is 11.8. The number of aryl methyl sites for hydroxylation is 4. The predicted molar refractivity (Wildman–Crippen MR) is 97.4 cm³/mol. The molecular formula is C17H16N4O3S. The lowest BCUT2D eigenvalue weighted by Gasteiger charge is -2.06. The molecule has 0 unspecified atom stereocenters. The Morgan fingerprint density at radius 1 is 1.20 bits per heavy atom. The van der Waals surface area contributed by atoms with Gasteiger partial charge in [0.05, 0.1) is 9.80 Å². The normalized spacial score (nSPS) is 10.9. The van der Waals surface area contributed by atoms with Crippen LogP contribution in [0.3, 0.4) is 0 Å². The van der Waals surface area contributed by atoms with Crippen LogP contribution >= 0.6 is 11.3 Å². The highest BCUT2D eigenvalue weighted by Crippen LogP contribution is 2.32. The monoisotopic (exact) mass is 356 g/mol. The molecule has 0 aliphatic heterocycles. The number of amides is 1. The molecule has 0 fully saturated rings. The highest BCUT2D eigenvalue weighted by molar-refractivity contribution is 7.20. The standard InChI is InChI=1S/C17H16N4O3S/c1-8-5-6-12(7-13(8)21(23)24)20-16(22)15-9(2)14-10(3)18-11(4)19-17(14)25-15/h5-7H,1-4H3,(H,20,22). The predicted octanol–water partition coefficient (Wildman–Crippen LogP) is 4.09. The van der Waals surface area contributed by atoms with Gasteiger partial charge in [-0.2, -0.15) is 0 Å². The highest BCUT2D eigenvalue weighted by Gasteiger charge is 2.20. The van der Waals surface area contributed by atoms with Gasteiger partial charge in [-0.3, -0.25) is 14.9 Å². The number of anilines is 1. The number of carbonyl (C=O) groups excluding carboxylic acids is 1. The molecule has 0 bridgehead atoms. The summed E-state index contributed by atoms with van der Waals surface area (Å²) >= 11 is 1.30. The summed E-state index contributed by atoms with van der Waals surface area (Å²) < 4.78 is 0. The van der Waals surface area contributed by atoms with Crippen molar-refractivity contribution in [2.24, 2.45) is 0 Å². The van der Waals surface area contributed by atoms with Crippen LogP contribution in [0.25, 0.3) is 10.2 Å². The molecule has 8 heteroatoms. The molecule has 1 aromatic carbocycles. The van der Waals surface area contributed by atoms with Crippen LogP contribution in [0.2, 0.25) is 0 Å². The molecule has 128 valence electrons. The van der Waals surface area contributed by atoms with E-state index in [4.69, 9.17) is 0 Å². The first kappa shape index (κ1) is 17.0. The Bertz CT molecular complexity index is 1030. The Morgan fingerprint density at radius 3 is 2.60 bits per heavy atom. The minimum atomic E-state index is -0.461. The van der Waals surface area contributed by atoms with E-state index in [1.165, 1.54) is 17.4 Å². The quantitative estimate of drug-likeness (QED) is 0.563. The van der Waals surface area contributed by atoms with E-state index in [-0.39, 0.29) is 11.6 Å². The summed E-state index contributed by atoms with van der Waals surface area (Å²) in [6.45, 7) is 7.22. The van der Waals surface area contributed by atoms with Crippen LogP contribution < -0.4 is 5.32 Å². The Labute approximate surface area is 147 Å². The molecule has 0 saturated heterocycles. The molecular weight excluding hydrogens is 340 g/mol. The van der Waals surface area contributed by atoms with Crippen molar-refractivity contribution in [3.63, 3.8) is 0 Å². The molecule has 3 aromatic rings. The van der Waals surface area contributed by atoms with Crippen LogP contribution in [0.4, 0.5) is 11.4 Å². The maximum Gasteiger partial charge on any atom is 0.274 e. The topological polar surface area (TPSA) is 98.0 Å². The second kappa shape index (κ2) is 6.21. The van der Waals surface area contributed by atoms with Crippen LogP contribution in [0.1, 0.15) is 32.3 Å². The average molecular weight is 356 g/mol. The van der Waals surface area contributed by atoms with Crippen LogP contribution in [-0.4, -0.2) is 20.8 Å². The van der Waals surface area contributed by atoms with Crippen LogP contribution in [0.5, 0.6) is 0 Å². The van der Waals surface area contributed by atoms with E-state index < -0.39 is 4.92 Å². The summed E-state index contributed by atoms with van der Waals surface area (Å²) in [5.41, 5.74) is 2.56. The molecule has 1 amide bonds. The lowest BCUT2D eigenvalue weighted by molar-refractivity contribution is -0.385. The van der Waals surface area contributed by atoms with E-state index in [1.54, 1.807) is 19.1 Å². The minimum Gasteiger partial charge on any atom is -0.321 e. The number of hydrogen-bond acceptors (Lipinski definition) is 6. The highest BCUT2D eigenvalue weighted by atomic mass is 32.1. The second-order valence-corrected chi connectivity index (χ2v) is 6.80. The van der Waals surface area contributed by atoms with Crippen molar-refractivity contribution in [3.05, 3.63) is 55.8 Å². The van der Waals surface area contributed by atoms with Gasteiger partial charge in [0.25, 0.3) is 11.6 Å². The van der Waals surface area contributed by atoms with Gasteiger partial charge in [0, 0.05) is 28.4 Å². The summed E-state index contributed by atoms with van der Waals surface area (Å²) in [5.74, 6) is 0.350. The van der Waals surface area contributed by atoms with E-state index >= 15 is 0 Å². The fourth-order valence-electron chi connectivity index (χ4n) is 2.76. The molecule has 0 aliphatic carbocycles. The molecule has 2 aromatic heterocycles. The Hall–Kier alpha value is -2.87. The molecule has 1 N–H and O–H groups in total. The van der Waals surface area contributed by atoms with Crippen molar-refractivity contribution < 1.29 is 9.72 Å². The SMILES string of the molecule is Cc1nc(C)c2c(C)c(C(=O)Nc3ccc(C)c([N+](=O)[O-])c3)sc2n1. The van der Waals surface area contributed by atoms with Crippen LogP contribution in [-0.2, 0) is 0 Å². The van der Waals surface area contributed by atoms with E-state index in [0.717, 1.165) is 21.5 Å². The number of carbonyl (C=O) groups is 1. The van der Waals surface area contributed by atoms with Gasteiger partial charge in [0.15, 0.2) is 0 Å². The smallest absolute Gasteiger partial charge is 0.274 e. The zero-order valence-electron chi connectivity index (χ0n) is 14.2. The zero-order valence-corrected chi connectivity index (χ0v) is 15.0. The van der Waals surface area contributed by atoms with Gasteiger partial charge >= 0.3 is 0 Å². The molecule has 25 heavy (non-hydrogen) atoms. The molecule has 0 radical (unpaired) electrons. The van der Waals surface area contributed by atoms with Crippen molar-refractivity contribution >= 4 is 38.8 Å². The van der Waals surface area contributed by atoms with Gasteiger partial charge in [0.1, 0.15) is 10.7 Å². The number of fused-ring (bicyclic) bond motifs is 1. The van der Waals surface area contributed by atoms with Crippen molar-refractivity contribution in [2.75, 3.05) is 5.32 Å². The second-order valence-electron chi connectivity index (χ2n) is 5.81. The first-order valence-corrected chi connectivity index (χ1v) is 8.40. The van der Waals surface area contributed by atoms with Gasteiger partial charge in [0.2, 0.25) is 0 Å². The average Bonchev–Trinajstić information content (AvgIpc) is 2.85. The summed E-state index contributed by atoms with van der Waals surface area (Å²) in [6.07, 6.45) is 0. The molecule has 0 aliphatic rings. The van der Waals surface area contributed by atoms with Crippen LogP contribution in [0.15, 0.2) is 18.2 Å². The maximum absolute atomic E-state index is 12.6. The summed E-state index contributed by atoms with van der Waals surface area (Å²) in [5, 5.41) is 14.7. The number of thiophene rings is 1. The number of hydrogen-bond donors (Lipinski definition) is 1. The molecule has 0 saturated carbocycles. The van der Waals surface area contributed by atoms with Crippen molar-refractivity contribution in [3.8, 4) is 0 Å². The molecule has 3 rings (SSSR count). The third-order valence-electron chi connectivity index (χ3n) is 3.95. The third kappa shape index (κ3) is 3.08. The number of nitrogens with zero attached hydrogens (tertiary/aromatic N) is 3. The Morgan fingerprint density at radius 2 is 1.92 bits per heavy atom. The number of nitro groups is 1. The number of nitrogens with one attached hydrogen (secondary N) is 1. The van der Waals surface area contributed by atoms with Gasteiger partial charge < -0.3 is 5.32 Å². The van der Waals surface area contributed by atoms with E-state index in [2.05, 4.69) is 15.3 Å². The Kier molecular flexibility index (Phi) is 4.22. The van der Waals surface area contributed by atoms with Gasteiger partial charge in [-0.15, -0.1) is 11.3 Å². The molecule has 0 spiro atoms. The fraction of sp³-hybridized carbons (Fsp3) is 0.235. The molecule has 7 nitrogen and oxygen atoms in total. The van der Waals surface area contributed by atoms with E-state index in [0.29, 0.717) is 22.0 Å². The summed E-state index contributed by atoms with van der Waals surface area (Å²) in [7, 11) is 0. The van der Waals surface area contributed by atoms with Gasteiger partial charge in [-0.1, -0.05) is 6.07 Å². The summed E-state index contributed by atoms with van der Waals surface area (Å²) in [6, 6.07) is 4.63. The number of benzene rings is 1. The lowest BCUT2D eigenvalue weighted by atomic mass is 10.1. The maximum atomic E-state index is 12.6. The minimum absolute atomic E-state index is 0.0248. The molecule has 0 atom stereocenters. The van der Waals surface area contributed by atoms with Crippen molar-refractivity contribution in [1.82, 2.24) is 9.97 Å². The fourth-order valence-corrected chi connectivity index (χ4v) is 3.93. The number of aromatic nitrogens is 2. The van der Waals surface area contributed by atoms with Crippen molar-refractivity contribution in [2.45, 2.75) is 27.7 Å². The Balaban J connectivity index is 1.98. The number of rotatable bonds is 3. The third-order valence-corrected chi connectivity index (χ3v) is 5.14.